The maximum absolute atomic E-state index is 13.1. The van der Waals surface area contributed by atoms with E-state index in [9.17, 15) is 18.7 Å². The first-order chi connectivity index (χ1) is 22.2. The van der Waals surface area contributed by atoms with Crippen LogP contribution < -0.4 is 5.32 Å². The number of carbonyl (C=O) groups excluding carboxylic acids is 1. The Labute approximate surface area is 276 Å². The molecule has 0 unspecified atom stereocenters. The molecular formula is C35H49F2N6O4+. The molecule has 1 atom stereocenters. The van der Waals surface area contributed by atoms with Gasteiger partial charge in [-0.15, -0.1) is 0 Å². The zero-order valence-electron chi connectivity index (χ0n) is 28.4. The molecule has 12 heteroatoms. The topological polar surface area (TPSA) is 110 Å². The zero-order chi connectivity index (χ0) is 34.2. The van der Waals surface area contributed by atoms with Crippen molar-refractivity contribution in [2.45, 2.75) is 51.6 Å². The van der Waals surface area contributed by atoms with Gasteiger partial charge in [0.1, 0.15) is 23.8 Å². The summed E-state index contributed by atoms with van der Waals surface area (Å²) in [5, 5.41) is 14.6. The highest BCUT2D eigenvalue weighted by molar-refractivity contribution is 5.72. The summed E-state index contributed by atoms with van der Waals surface area (Å²) in [6, 6.07) is 9.97. The van der Waals surface area contributed by atoms with Crippen molar-refractivity contribution < 1.29 is 32.6 Å². The van der Waals surface area contributed by atoms with Crippen LogP contribution in [-0.2, 0) is 19.9 Å². The highest BCUT2D eigenvalue weighted by Crippen LogP contribution is 2.41. The average molecular weight is 656 g/mol. The fourth-order valence-corrected chi connectivity index (χ4v) is 5.69. The van der Waals surface area contributed by atoms with Gasteiger partial charge in [-0.25, -0.2) is 18.7 Å². The largest absolute Gasteiger partial charge is 0.415 e. The normalized spacial score (nSPS) is 18.3. The third-order valence-corrected chi connectivity index (χ3v) is 8.78. The van der Waals surface area contributed by atoms with E-state index in [-0.39, 0.29) is 29.2 Å². The molecule has 0 spiro atoms. The second-order valence-corrected chi connectivity index (χ2v) is 13.6. The van der Waals surface area contributed by atoms with Gasteiger partial charge in [0, 0.05) is 30.1 Å². The molecule has 0 amide bonds. The number of hydrogen-bond acceptors (Lipinski definition) is 9. The number of rotatable bonds is 15. The third kappa shape index (κ3) is 10.5. The SMILES string of the molecule is Cc1cc(Nc2cc(C(F)F)ccn2)nc(-c2ccc([C@](C)(O)[C@H]3CC[C@H](C(=O)OC[N+](C)(C)CCOCCN(C)C)CC3)nc2)c1. The van der Waals surface area contributed by atoms with Crippen LogP contribution in [0.4, 0.5) is 20.4 Å². The van der Waals surface area contributed by atoms with Crippen LogP contribution in [0.1, 0.15) is 55.9 Å². The Kier molecular flexibility index (Phi) is 12.4. The maximum atomic E-state index is 13.1. The van der Waals surface area contributed by atoms with Crippen LogP contribution in [-0.4, -0.2) is 96.6 Å². The number of nitrogens with zero attached hydrogens (tertiary/aromatic N) is 5. The molecule has 0 aliphatic heterocycles. The number of nitrogens with one attached hydrogen (secondary N) is 1. The van der Waals surface area contributed by atoms with E-state index in [1.807, 2.05) is 59.4 Å². The molecule has 3 heterocycles. The van der Waals surface area contributed by atoms with Crippen LogP contribution in [0, 0.1) is 18.8 Å². The summed E-state index contributed by atoms with van der Waals surface area (Å²) in [5.41, 5.74) is 1.57. The first-order valence-electron chi connectivity index (χ1n) is 16.1. The molecule has 0 bridgehead atoms. The molecule has 1 fully saturated rings. The fraction of sp³-hybridized carbons (Fsp3) is 0.543. The number of likely N-dealkylation sites (N-methyl/N-ethyl adjacent to an activating group) is 2. The predicted molar refractivity (Wildman–Crippen MR) is 177 cm³/mol. The van der Waals surface area contributed by atoms with E-state index in [0.717, 1.165) is 24.2 Å². The van der Waals surface area contributed by atoms with Crippen LogP contribution >= 0.6 is 0 Å². The summed E-state index contributed by atoms with van der Waals surface area (Å²) >= 11 is 0. The Bertz CT molecular complexity index is 1460. The minimum atomic E-state index is -2.59. The van der Waals surface area contributed by atoms with Crippen molar-refractivity contribution in [3.8, 4) is 11.3 Å². The average Bonchev–Trinajstić information content (AvgIpc) is 3.03. The number of esters is 1. The molecule has 47 heavy (non-hydrogen) atoms. The van der Waals surface area contributed by atoms with Gasteiger partial charge < -0.3 is 24.8 Å². The predicted octanol–water partition coefficient (Wildman–Crippen LogP) is 5.70. The van der Waals surface area contributed by atoms with Crippen molar-refractivity contribution >= 4 is 17.6 Å². The standard InChI is InChI=1S/C35H49F2N6O4/c1-24-19-29(40-32(20-24)41-31-21-26(33(36)37)13-14-38-31)27-9-12-30(39-22-27)35(2,45)28-10-7-25(8-11-28)34(44)47-23-43(5,6)16-18-46-17-15-42(3)4/h9,12-14,19-22,25,28,33,45H,7-8,10-11,15-18,23H2,1-6H3,(H,38,40,41)/q+1/t25-,28-,35-/m1/s1. The van der Waals surface area contributed by atoms with Gasteiger partial charge in [0.05, 0.1) is 44.6 Å². The lowest BCUT2D eigenvalue weighted by Crippen LogP contribution is -2.45. The highest BCUT2D eigenvalue weighted by Gasteiger charge is 2.39. The van der Waals surface area contributed by atoms with E-state index in [0.29, 0.717) is 67.3 Å². The van der Waals surface area contributed by atoms with Crippen molar-refractivity contribution in [1.29, 1.82) is 0 Å². The number of aryl methyl sites for hydroxylation is 1. The highest BCUT2D eigenvalue weighted by atomic mass is 19.3. The Morgan fingerprint density at radius 2 is 1.83 bits per heavy atom. The number of aromatic nitrogens is 3. The molecule has 0 radical (unpaired) electrons. The Balaban J connectivity index is 1.30. The van der Waals surface area contributed by atoms with Crippen LogP contribution in [0.3, 0.4) is 0 Å². The van der Waals surface area contributed by atoms with Gasteiger partial charge >= 0.3 is 5.97 Å². The first-order valence-corrected chi connectivity index (χ1v) is 16.1. The molecule has 1 aliphatic rings. The first kappa shape index (κ1) is 36.3. The quantitative estimate of drug-likeness (QED) is 0.0923. The van der Waals surface area contributed by atoms with Gasteiger partial charge in [-0.2, -0.15) is 0 Å². The number of anilines is 2. The lowest BCUT2D eigenvalue weighted by atomic mass is 9.73. The molecule has 2 N–H and O–H groups in total. The Morgan fingerprint density at radius 3 is 2.49 bits per heavy atom. The van der Waals surface area contributed by atoms with E-state index in [1.54, 1.807) is 13.1 Å². The molecule has 3 aromatic rings. The van der Waals surface area contributed by atoms with Gasteiger partial charge in [0.15, 0.2) is 0 Å². The van der Waals surface area contributed by atoms with Crippen molar-refractivity contribution in [3.05, 3.63) is 65.6 Å². The number of ether oxygens (including phenoxy) is 2. The van der Waals surface area contributed by atoms with Crippen molar-refractivity contribution in [2.24, 2.45) is 11.8 Å². The van der Waals surface area contributed by atoms with Crippen LogP contribution in [0.15, 0.2) is 48.8 Å². The van der Waals surface area contributed by atoms with E-state index in [2.05, 4.69) is 25.2 Å². The van der Waals surface area contributed by atoms with Gasteiger partial charge in [-0.1, -0.05) is 0 Å². The summed E-state index contributed by atoms with van der Waals surface area (Å²) < 4.78 is 38.2. The van der Waals surface area contributed by atoms with E-state index in [1.165, 1.54) is 18.3 Å². The van der Waals surface area contributed by atoms with E-state index in [4.69, 9.17) is 9.47 Å². The number of carbonyl (C=O) groups is 1. The smallest absolute Gasteiger partial charge is 0.313 e. The minimum absolute atomic E-state index is 0.0548. The van der Waals surface area contributed by atoms with Crippen LogP contribution in [0.25, 0.3) is 11.3 Å². The molecule has 10 nitrogen and oxygen atoms in total. The van der Waals surface area contributed by atoms with Crippen molar-refractivity contribution in [3.63, 3.8) is 0 Å². The summed E-state index contributed by atoms with van der Waals surface area (Å²) in [6.07, 6.45) is 3.09. The van der Waals surface area contributed by atoms with Gasteiger partial charge in [-0.05, 0) is 102 Å². The number of pyridine rings is 3. The van der Waals surface area contributed by atoms with Gasteiger partial charge in [0.2, 0.25) is 6.73 Å². The van der Waals surface area contributed by atoms with Gasteiger partial charge in [-0.3, -0.25) is 14.3 Å². The van der Waals surface area contributed by atoms with Crippen molar-refractivity contribution in [1.82, 2.24) is 19.9 Å². The summed E-state index contributed by atoms with van der Waals surface area (Å²) in [7, 11) is 8.07. The Morgan fingerprint density at radius 1 is 1.09 bits per heavy atom. The maximum Gasteiger partial charge on any atom is 0.313 e. The number of hydrogen-bond donors (Lipinski definition) is 2. The lowest BCUT2D eigenvalue weighted by molar-refractivity contribution is -0.907. The van der Waals surface area contributed by atoms with E-state index >= 15 is 0 Å². The molecular weight excluding hydrogens is 606 g/mol. The molecule has 0 aromatic carbocycles. The second-order valence-electron chi connectivity index (χ2n) is 13.6. The van der Waals surface area contributed by atoms with Crippen LogP contribution in [0.2, 0.25) is 0 Å². The monoisotopic (exact) mass is 655 g/mol. The number of quaternary nitrogens is 1. The summed E-state index contributed by atoms with van der Waals surface area (Å²) in [6.45, 7) is 6.88. The summed E-state index contributed by atoms with van der Waals surface area (Å²) in [4.78, 5) is 28.4. The molecule has 256 valence electrons. The minimum Gasteiger partial charge on any atom is -0.415 e. The fourth-order valence-electron chi connectivity index (χ4n) is 5.69. The Hall–Kier alpha value is -3.58. The van der Waals surface area contributed by atoms with Crippen molar-refractivity contribution in [2.75, 3.05) is 66.5 Å². The van der Waals surface area contributed by atoms with E-state index < -0.39 is 12.0 Å². The lowest BCUT2D eigenvalue weighted by Gasteiger charge is -2.37. The zero-order valence-corrected chi connectivity index (χ0v) is 28.4. The van der Waals surface area contributed by atoms with Gasteiger partial charge in [0.25, 0.3) is 6.43 Å². The number of alkyl halides is 2. The molecule has 1 aliphatic carbocycles. The molecule has 4 rings (SSSR count). The molecule has 1 saturated carbocycles. The summed E-state index contributed by atoms with van der Waals surface area (Å²) in [5.74, 6) is 0.330. The van der Waals surface area contributed by atoms with Crippen LogP contribution in [0.5, 0.6) is 0 Å². The second kappa shape index (κ2) is 16.0. The number of halogens is 2. The number of aliphatic hydroxyl groups is 1. The third-order valence-electron chi connectivity index (χ3n) is 8.78. The molecule has 0 saturated heterocycles. The molecule has 3 aromatic heterocycles.